The van der Waals surface area contributed by atoms with Gasteiger partial charge in [0, 0.05) is 0 Å². The summed E-state index contributed by atoms with van der Waals surface area (Å²) in [7, 11) is 0. The molecule has 0 aromatic carbocycles. The van der Waals surface area contributed by atoms with Crippen molar-refractivity contribution in [2.24, 2.45) is 0 Å². The molecule has 0 rings (SSSR count). The molecule has 3 nitrogen and oxygen atoms in total. The predicted octanol–water partition coefficient (Wildman–Crippen LogP) is 0.486. The van der Waals surface area contributed by atoms with Crippen LogP contribution in [0.1, 0.15) is 13.3 Å². The van der Waals surface area contributed by atoms with Crippen LogP contribution in [0, 0.1) is 0 Å². The molecule has 0 spiro atoms. The fourth-order valence-electron chi connectivity index (χ4n) is 0.390. The average molecular weight is 144 g/mol. The number of hydrogen-bond acceptors (Lipinski definition) is 3. The number of aliphatic hydroxyl groups excluding tert-OH is 1. The summed E-state index contributed by atoms with van der Waals surface area (Å²) in [5.74, 6) is -0.351. The van der Waals surface area contributed by atoms with Crippen molar-refractivity contribution < 1.29 is 14.6 Å². The smallest absolute Gasteiger partial charge is 0.309 e. The van der Waals surface area contributed by atoms with Gasteiger partial charge in [-0.1, -0.05) is 6.08 Å². The third-order valence-electron chi connectivity index (χ3n) is 0.797. The molecule has 0 aliphatic carbocycles. The summed E-state index contributed by atoms with van der Waals surface area (Å²) in [4.78, 5) is 10.5. The van der Waals surface area contributed by atoms with Crippen LogP contribution in [-0.4, -0.2) is 23.8 Å². The van der Waals surface area contributed by atoms with E-state index in [-0.39, 0.29) is 19.0 Å². The molecular formula is C7H12O3. The van der Waals surface area contributed by atoms with Crippen LogP contribution in [0.2, 0.25) is 0 Å². The second-order valence-corrected chi connectivity index (χ2v) is 2.02. The van der Waals surface area contributed by atoms with E-state index in [1.54, 1.807) is 6.92 Å². The van der Waals surface area contributed by atoms with Gasteiger partial charge in [0.1, 0.15) is 6.61 Å². The van der Waals surface area contributed by atoms with Gasteiger partial charge in [-0.3, -0.25) is 4.79 Å². The lowest BCUT2D eigenvalue weighted by Crippen LogP contribution is -2.14. The SMILES string of the molecule is C=CCC(=O)OCC(C)O. The van der Waals surface area contributed by atoms with Gasteiger partial charge in [0.2, 0.25) is 0 Å². The molecule has 0 fully saturated rings. The molecule has 1 unspecified atom stereocenters. The van der Waals surface area contributed by atoms with E-state index in [1.807, 2.05) is 0 Å². The van der Waals surface area contributed by atoms with Crippen LogP contribution in [0.25, 0.3) is 0 Å². The van der Waals surface area contributed by atoms with Gasteiger partial charge in [0.05, 0.1) is 12.5 Å². The second-order valence-electron chi connectivity index (χ2n) is 2.02. The number of aliphatic hydroxyl groups is 1. The predicted molar refractivity (Wildman–Crippen MR) is 37.5 cm³/mol. The highest BCUT2D eigenvalue weighted by Gasteiger charge is 2.00. The number of rotatable bonds is 4. The summed E-state index contributed by atoms with van der Waals surface area (Å²) in [5.41, 5.74) is 0. The first kappa shape index (κ1) is 9.17. The van der Waals surface area contributed by atoms with Gasteiger partial charge in [-0.15, -0.1) is 6.58 Å². The molecule has 58 valence electrons. The molecule has 0 saturated heterocycles. The Hall–Kier alpha value is -0.830. The zero-order chi connectivity index (χ0) is 7.98. The van der Waals surface area contributed by atoms with E-state index in [1.165, 1.54) is 6.08 Å². The highest BCUT2D eigenvalue weighted by atomic mass is 16.5. The van der Waals surface area contributed by atoms with E-state index < -0.39 is 6.10 Å². The van der Waals surface area contributed by atoms with Crippen LogP contribution in [0.3, 0.4) is 0 Å². The molecule has 0 radical (unpaired) electrons. The molecule has 0 aromatic rings. The van der Waals surface area contributed by atoms with Crippen LogP contribution in [0.15, 0.2) is 12.7 Å². The first-order chi connectivity index (χ1) is 4.66. The third kappa shape index (κ3) is 5.31. The molecule has 0 amide bonds. The lowest BCUT2D eigenvalue weighted by Gasteiger charge is -2.03. The van der Waals surface area contributed by atoms with E-state index in [0.717, 1.165) is 0 Å². The van der Waals surface area contributed by atoms with Crippen molar-refractivity contribution in [1.82, 2.24) is 0 Å². The first-order valence-electron chi connectivity index (χ1n) is 3.11. The molecule has 0 bridgehead atoms. The standard InChI is InChI=1S/C7H12O3/c1-3-4-7(9)10-5-6(2)8/h3,6,8H,1,4-5H2,2H3. The molecule has 0 aliphatic rings. The van der Waals surface area contributed by atoms with Crippen molar-refractivity contribution in [2.45, 2.75) is 19.4 Å². The topological polar surface area (TPSA) is 46.5 Å². The molecule has 10 heavy (non-hydrogen) atoms. The Morgan fingerprint density at radius 1 is 1.90 bits per heavy atom. The Labute approximate surface area is 60.3 Å². The Bertz CT molecular complexity index is 118. The molecule has 3 heteroatoms. The summed E-state index contributed by atoms with van der Waals surface area (Å²) < 4.78 is 4.58. The van der Waals surface area contributed by atoms with Crippen molar-refractivity contribution >= 4 is 5.97 Å². The maximum absolute atomic E-state index is 10.5. The number of esters is 1. The van der Waals surface area contributed by atoms with E-state index in [9.17, 15) is 4.79 Å². The van der Waals surface area contributed by atoms with Crippen molar-refractivity contribution in [3.63, 3.8) is 0 Å². The Balaban J connectivity index is 3.30. The molecule has 1 atom stereocenters. The number of carbonyl (C=O) groups excluding carboxylic acids is 1. The highest BCUT2D eigenvalue weighted by Crippen LogP contribution is 1.88. The summed E-state index contributed by atoms with van der Waals surface area (Å²) >= 11 is 0. The molecule has 0 aliphatic heterocycles. The quantitative estimate of drug-likeness (QED) is 0.461. The van der Waals surface area contributed by atoms with Gasteiger partial charge >= 0.3 is 5.97 Å². The second kappa shape index (κ2) is 4.99. The molecule has 1 N–H and O–H groups in total. The van der Waals surface area contributed by atoms with Crippen LogP contribution in [0.4, 0.5) is 0 Å². The van der Waals surface area contributed by atoms with Crippen LogP contribution < -0.4 is 0 Å². The zero-order valence-corrected chi connectivity index (χ0v) is 6.04. The van der Waals surface area contributed by atoms with E-state index in [0.29, 0.717) is 0 Å². The van der Waals surface area contributed by atoms with Crippen molar-refractivity contribution in [2.75, 3.05) is 6.61 Å². The van der Waals surface area contributed by atoms with Gasteiger partial charge in [-0.05, 0) is 6.92 Å². The van der Waals surface area contributed by atoms with Gasteiger partial charge in [0.15, 0.2) is 0 Å². The van der Waals surface area contributed by atoms with E-state index in [4.69, 9.17) is 5.11 Å². The monoisotopic (exact) mass is 144 g/mol. The maximum Gasteiger partial charge on any atom is 0.309 e. The van der Waals surface area contributed by atoms with Crippen LogP contribution in [0.5, 0.6) is 0 Å². The average Bonchev–Trinajstić information content (AvgIpc) is 1.85. The number of carbonyl (C=O) groups is 1. The Morgan fingerprint density at radius 2 is 2.50 bits per heavy atom. The van der Waals surface area contributed by atoms with Gasteiger partial charge in [-0.2, -0.15) is 0 Å². The van der Waals surface area contributed by atoms with E-state index in [2.05, 4.69) is 11.3 Å². The van der Waals surface area contributed by atoms with Crippen LogP contribution in [-0.2, 0) is 9.53 Å². The van der Waals surface area contributed by atoms with Gasteiger partial charge in [-0.25, -0.2) is 0 Å². The van der Waals surface area contributed by atoms with Crippen molar-refractivity contribution in [3.8, 4) is 0 Å². The minimum Gasteiger partial charge on any atom is -0.463 e. The molecular weight excluding hydrogens is 132 g/mol. The minimum atomic E-state index is -0.589. The number of ether oxygens (including phenoxy) is 1. The van der Waals surface area contributed by atoms with Crippen molar-refractivity contribution in [3.05, 3.63) is 12.7 Å². The lowest BCUT2D eigenvalue weighted by molar-refractivity contribution is -0.145. The summed E-state index contributed by atoms with van der Waals surface area (Å²) in [6.07, 6.45) is 1.07. The normalized spacial score (nSPS) is 12.2. The Kier molecular flexibility index (Phi) is 4.58. The van der Waals surface area contributed by atoms with Gasteiger partial charge < -0.3 is 9.84 Å². The summed E-state index contributed by atoms with van der Waals surface area (Å²) in [6, 6.07) is 0. The third-order valence-corrected chi connectivity index (χ3v) is 0.797. The van der Waals surface area contributed by atoms with Gasteiger partial charge in [0.25, 0.3) is 0 Å². The first-order valence-corrected chi connectivity index (χ1v) is 3.11. The Morgan fingerprint density at radius 3 is 2.90 bits per heavy atom. The molecule has 0 aromatic heterocycles. The molecule has 0 saturated carbocycles. The largest absolute Gasteiger partial charge is 0.463 e. The highest BCUT2D eigenvalue weighted by molar-refractivity contribution is 5.70. The fourth-order valence-corrected chi connectivity index (χ4v) is 0.390. The van der Waals surface area contributed by atoms with Crippen LogP contribution >= 0.6 is 0 Å². The minimum absolute atomic E-state index is 0.0622. The van der Waals surface area contributed by atoms with Crippen molar-refractivity contribution in [1.29, 1.82) is 0 Å². The lowest BCUT2D eigenvalue weighted by atomic mass is 10.4. The molecule has 0 heterocycles. The summed E-state index contributed by atoms with van der Waals surface area (Å²) in [6.45, 7) is 4.98. The zero-order valence-electron chi connectivity index (χ0n) is 6.04. The fraction of sp³-hybridized carbons (Fsp3) is 0.571. The summed E-state index contributed by atoms with van der Waals surface area (Å²) in [5, 5.41) is 8.67. The maximum atomic E-state index is 10.5. The number of hydrogen-bond donors (Lipinski definition) is 1. The van der Waals surface area contributed by atoms with E-state index >= 15 is 0 Å².